The van der Waals surface area contributed by atoms with Crippen molar-refractivity contribution in [1.29, 1.82) is 0 Å². The van der Waals surface area contributed by atoms with E-state index < -0.39 is 5.79 Å². The van der Waals surface area contributed by atoms with E-state index in [4.69, 9.17) is 14.5 Å². The maximum absolute atomic E-state index is 5.43. The molecule has 0 bridgehead atoms. The highest BCUT2D eigenvalue weighted by atomic mass is 32.1. The van der Waals surface area contributed by atoms with Crippen molar-refractivity contribution in [1.82, 2.24) is 5.32 Å². The van der Waals surface area contributed by atoms with E-state index in [9.17, 15) is 0 Å². The van der Waals surface area contributed by atoms with Crippen LogP contribution in [-0.2, 0) is 0 Å². The molecule has 0 saturated carbocycles. The average Bonchev–Trinajstić information content (AvgIpc) is 3.15. The number of anilines is 1. The maximum Gasteiger partial charge on any atom is 0.182 e. The van der Waals surface area contributed by atoms with Crippen molar-refractivity contribution in [2.24, 2.45) is 4.99 Å². The van der Waals surface area contributed by atoms with Crippen LogP contribution >= 0.6 is 11.3 Å². The summed E-state index contributed by atoms with van der Waals surface area (Å²) in [7, 11) is 3.28. The summed E-state index contributed by atoms with van der Waals surface area (Å²) >= 11 is 1.76. The summed E-state index contributed by atoms with van der Waals surface area (Å²) in [6.45, 7) is 4.20. The molecule has 1 aliphatic heterocycles. The Balaban J connectivity index is 1.61. The molecular weight excluding hydrogens is 358 g/mol. The van der Waals surface area contributed by atoms with Crippen molar-refractivity contribution in [2.45, 2.75) is 25.7 Å². The van der Waals surface area contributed by atoms with Crippen molar-refractivity contribution in [3.8, 4) is 11.5 Å². The molecule has 2 heterocycles. The fraction of sp³-hybridized carbons (Fsp3) is 0.286. The second-order valence-electron chi connectivity index (χ2n) is 6.80. The lowest BCUT2D eigenvalue weighted by Crippen LogP contribution is -2.50. The topological polar surface area (TPSA) is 54.9 Å². The van der Waals surface area contributed by atoms with Crippen molar-refractivity contribution in [3.05, 3.63) is 52.9 Å². The molecule has 3 aromatic rings. The third-order valence-electron chi connectivity index (χ3n) is 4.89. The Kier molecular flexibility index (Phi) is 4.53. The van der Waals surface area contributed by atoms with E-state index in [2.05, 4.69) is 47.2 Å². The number of rotatable bonds is 5. The highest BCUT2D eigenvalue weighted by Gasteiger charge is 2.29. The zero-order valence-corrected chi connectivity index (χ0v) is 16.7. The van der Waals surface area contributed by atoms with Crippen LogP contribution in [0.4, 0.5) is 5.69 Å². The summed E-state index contributed by atoms with van der Waals surface area (Å²) < 4.78 is 12.1. The first-order chi connectivity index (χ1) is 13.0. The van der Waals surface area contributed by atoms with E-state index in [1.54, 1.807) is 25.6 Å². The molecular formula is C21H23N3O2S. The molecule has 0 spiro atoms. The first-order valence-corrected chi connectivity index (χ1v) is 9.74. The van der Waals surface area contributed by atoms with Gasteiger partial charge < -0.3 is 14.8 Å². The Morgan fingerprint density at radius 1 is 1.15 bits per heavy atom. The summed E-state index contributed by atoms with van der Waals surface area (Å²) in [5, 5.41) is 10.5. The predicted octanol–water partition coefficient (Wildman–Crippen LogP) is 4.79. The number of thiophene rings is 1. The molecule has 2 unspecified atom stereocenters. The van der Waals surface area contributed by atoms with E-state index in [1.807, 2.05) is 25.3 Å². The van der Waals surface area contributed by atoms with Crippen LogP contribution in [0.5, 0.6) is 11.5 Å². The monoisotopic (exact) mass is 381 g/mol. The Morgan fingerprint density at radius 2 is 1.93 bits per heavy atom. The lowest BCUT2D eigenvalue weighted by atomic mass is 10.0. The van der Waals surface area contributed by atoms with Gasteiger partial charge in [-0.25, -0.2) is 0 Å². The van der Waals surface area contributed by atoms with Gasteiger partial charge in [0.25, 0.3) is 0 Å². The summed E-state index contributed by atoms with van der Waals surface area (Å²) in [5.74, 6) is 0.764. The van der Waals surface area contributed by atoms with Crippen LogP contribution in [0.15, 0.2) is 46.8 Å². The van der Waals surface area contributed by atoms with E-state index in [1.165, 1.54) is 15.6 Å². The maximum atomic E-state index is 5.43. The van der Waals surface area contributed by atoms with Crippen LogP contribution in [0.3, 0.4) is 0 Å². The molecule has 0 saturated heterocycles. The van der Waals surface area contributed by atoms with Crippen LogP contribution in [0.1, 0.15) is 31.0 Å². The van der Waals surface area contributed by atoms with E-state index >= 15 is 0 Å². The molecule has 0 fully saturated rings. The molecule has 1 aliphatic rings. The molecule has 4 rings (SSSR count). The molecule has 6 heteroatoms. The number of hydrogen-bond donors (Lipinski definition) is 2. The zero-order chi connectivity index (χ0) is 19.0. The number of benzene rings is 2. The van der Waals surface area contributed by atoms with Gasteiger partial charge in [-0.2, -0.15) is 0 Å². The number of nitrogens with zero attached hydrogens (tertiary/aromatic N) is 1. The second kappa shape index (κ2) is 6.87. The van der Waals surface area contributed by atoms with Crippen molar-refractivity contribution in [3.63, 3.8) is 0 Å². The zero-order valence-electron chi connectivity index (χ0n) is 15.9. The molecule has 1 aromatic heterocycles. The smallest absolute Gasteiger partial charge is 0.182 e. The number of ether oxygens (including phenoxy) is 2. The highest BCUT2D eigenvalue weighted by Crippen LogP contribution is 2.36. The van der Waals surface area contributed by atoms with Crippen molar-refractivity contribution < 1.29 is 9.47 Å². The Bertz CT molecular complexity index is 1010. The Morgan fingerprint density at radius 3 is 2.70 bits per heavy atom. The quantitative estimate of drug-likeness (QED) is 0.667. The number of hydrogen-bond acceptors (Lipinski definition) is 6. The van der Waals surface area contributed by atoms with Crippen molar-refractivity contribution >= 4 is 33.3 Å². The van der Waals surface area contributed by atoms with E-state index in [0.717, 1.165) is 11.3 Å². The summed E-state index contributed by atoms with van der Waals surface area (Å²) in [5.41, 5.74) is 3.20. The van der Waals surface area contributed by atoms with Crippen molar-refractivity contribution in [2.75, 3.05) is 19.5 Å². The van der Waals surface area contributed by atoms with Gasteiger partial charge in [-0.3, -0.25) is 10.3 Å². The van der Waals surface area contributed by atoms with Gasteiger partial charge in [0.2, 0.25) is 0 Å². The normalized spacial score (nSPS) is 19.4. The minimum absolute atomic E-state index is 0.125. The van der Waals surface area contributed by atoms with Crippen LogP contribution in [0.25, 0.3) is 10.1 Å². The van der Waals surface area contributed by atoms with Crippen LogP contribution in [-0.4, -0.2) is 26.2 Å². The van der Waals surface area contributed by atoms with Crippen LogP contribution in [0, 0.1) is 0 Å². The summed E-state index contributed by atoms with van der Waals surface area (Å²) in [4.78, 5) is 4.73. The summed E-state index contributed by atoms with van der Waals surface area (Å²) in [6, 6.07) is 12.6. The number of nitrogens with one attached hydrogen (secondary N) is 2. The molecule has 5 nitrogen and oxygen atoms in total. The SMILES string of the molecule is COc1cc2c(cc1OC)NC(C)(NC(C)c1cccc3sccc13)N=C2. The van der Waals surface area contributed by atoms with Gasteiger partial charge in [0.15, 0.2) is 17.3 Å². The third-order valence-corrected chi connectivity index (χ3v) is 5.77. The molecule has 2 aromatic carbocycles. The van der Waals surface area contributed by atoms with Gasteiger partial charge in [-0.15, -0.1) is 11.3 Å². The van der Waals surface area contributed by atoms with Crippen LogP contribution < -0.4 is 20.1 Å². The second-order valence-corrected chi connectivity index (χ2v) is 7.74. The molecule has 27 heavy (non-hydrogen) atoms. The average molecular weight is 382 g/mol. The van der Waals surface area contributed by atoms with Gasteiger partial charge in [-0.1, -0.05) is 12.1 Å². The van der Waals surface area contributed by atoms with Gasteiger partial charge >= 0.3 is 0 Å². The number of fused-ring (bicyclic) bond motifs is 2. The fourth-order valence-electron chi connectivity index (χ4n) is 3.57. The highest BCUT2D eigenvalue weighted by molar-refractivity contribution is 7.17. The lowest BCUT2D eigenvalue weighted by Gasteiger charge is -2.35. The Hall–Kier alpha value is -2.57. The first kappa shape index (κ1) is 17.8. The molecule has 2 atom stereocenters. The summed E-state index contributed by atoms with van der Waals surface area (Å²) in [6.07, 6.45) is 1.87. The number of aliphatic imine (C=N–C) groups is 1. The molecule has 2 N–H and O–H groups in total. The predicted molar refractivity (Wildman–Crippen MR) is 113 cm³/mol. The number of methoxy groups -OCH3 is 2. The minimum atomic E-state index is -0.621. The largest absolute Gasteiger partial charge is 0.493 e. The van der Waals surface area contributed by atoms with Gasteiger partial charge in [0.05, 0.1) is 14.2 Å². The molecule has 140 valence electrons. The molecule has 0 amide bonds. The van der Waals surface area contributed by atoms with Gasteiger partial charge in [0, 0.05) is 34.3 Å². The standard InChI is InChI=1S/C21H23N3O2S/c1-13(15-6-5-7-20-16(15)8-9-27-20)23-21(2)22-12-14-10-18(25-3)19(26-4)11-17(14)24-21/h5-13,23-24H,1-4H3. The van der Waals surface area contributed by atoms with E-state index in [0.29, 0.717) is 11.5 Å². The third kappa shape index (κ3) is 3.26. The lowest BCUT2D eigenvalue weighted by molar-refractivity contribution is 0.353. The Labute approximate surface area is 163 Å². The first-order valence-electron chi connectivity index (χ1n) is 8.86. The van der Waals surface area contributed by atoms with Gasteiger partial charge in [-0.05, 0) is 48.4 Å². The molecule has 0 aliphatic carbocycles. The molecule has 0 radical (unpaired) electrons. The van der Waals surface area contributed by atoms with E-state index in [-0.39, 0.29) is 6.04 Å². The van der Waals surface area contributed by atoms with Crippen LogP contribution in [0.2, 0.25) is 0 Å². The minimum Gasteiger partial charge on any atom is -0.493 e. The fourth-order valence-corrected chi connectivity index (χ4v) is 4.39. The van der Waals surface area contributed by atoms with Gasteiger partial charge in [0.1, 0.15) is 0 Å².